The van der Waals surface area contributed by atoms with Crippen LogP contribution < -0.4 is 0 Å². The predicted octanol–water partition coefficient (Wildman–Crippen LogP) is 7.54. The topological polar surface area (TPSA) is 48.5 Å². The molecule has 0 bridgehead atoms. The van der Waals surface area contributed by atoms with Crippen molar-refractivity contribution in [3.8, 4) is 11.5 Å². The zero-order valence-electron chi connectivity index (χ0n) is 18.5. The molecule has 0 aliphatic heterocycles. The number of rotatable bonds is 8. The summed E-state index contributed by atoms with van der Waals surface area (Å²) in [4.78, 5) is 8.93. The van der Waals surface area contributed by atoms with Crippen LogP contribution in [-0.2, 0) is 13.1 Å². The van der Waals surface area contributed by atoms with Crippen molar-refractivity contribution < 1.29 is 0 Å². The fourth-order valence-electron chi connectivity index (χ4n) is 4.41. The average molecular weight is 567 g/mol. The lowest BCUT2D eigenvalue weighted by atomic mass is 10.2. The van der Waals surface area contributed by atoms with Crippen molar-refractivity contribution in [1.82, 2.24) is 24.3 Å². The molecule has 3 aromatic heterocycles. The number of benzene rings is 2. The standard InChI is InChI=1S/C26H25Br2N5/c1-18-30-26(23-8-4-5-13-29-23)31-33(18)15-7-3-2-6-14-32-24-11-9-19(27)16-21(24)22-17-20(28)10-12-25(22)32/h4-5,8-13,16-17H,2-3,6-7,14-15H2,1H3. The first-order valence-corrected chi connectivity index (χ1v) is 12.9. The first-order valence-electron chi connectivity index (χ1n) is 11.3. The Morgan fingerprint density at radius 3 is 2.09 bits per heavy atom. The van der Waals surface area contributed by atoms with E-state index in [1.165, 1.54) is 34.6 Å². The second kappa shape index (κ2) is 9.77. The lowest BCUT2D eigenvalue weighted by molar-refractivity contribution is 0.514. The van der Waals surface area contributed by atoms with Gasteiger partial charge in [-0.25, -0.2) is 9.67 Å². The maximum absolute atomic E-state index is 4.65. The van der Waals surface area contributed by atoms with Gasteiger partial charge in [0, 0.05) is 50.0 Å². The molecule has 0 radical (unpaired) electrons. The maximum Gasteiger partial charge on any atom is 0.199 e. The van der Waals surface area contributed by atoms with Gasteiger partial charge in [-0.2, -0.15) is 0 Å². The summed E-state index contributed by atoms with van der Waals surface area (Å²) in [6, 6.07) is 19.0. The molecule has 5 aromatic rings. The lowest BCUT2D eigenvalue weighted by Crippen LogP contribution is -2.03. The van der Waals surface area contributed by atoms with Crippen molar-refractivity contribution in [2.75, 3.05) is 0 Å². The molecule has 0 amide bonds. The van der Waals surface area contributed by atoms with E-state index in [2.05, 4.69) is 87.9 Å². The first-order chi connectivity index (χ1) is 16.1. The Morgan fingerprint density at radius 2 is 1.45 bits per heavy atom. The van der Waals surface area contributed by atoms with Gasteiger partial charge in [0.2, 0.25) is 0 Å². The molecule has 0 fully saturated rings. The molecule has 7 heteroatoms. The molecule has 0 aliphatic carbocycles. The van der Waals surface area contributed by atoms with Gasteiger partial charge in [-0.15, -0.1) is 5.10 Å². The van der Waals surface area contributed by atoms with E-state index in [1.807, 2.05) is 29.8 Å². The van der Waals surface area contributed by atoms with Crippen LogP contribution in [0, 0.1) is 6.92 Å². The number of pyridine rings is 1. The van der Waals surface area contributed by atoms with Gasteiger partial charge < -0.3 is 4.57 Å². The smallest absolute Gasteiger partial charge is 0.199 e. The molecule has 0 atom stereocenters. The van der Waals surface area contributed by atoms with E-state index in [1.54, 1.807) is 6.20 Å². The van der Waals surface area contributed by atoms with Crippen molar-refractivity contribution in [2.24, 2.45) is 0 Å². The number of hydrogen-bond acceptors (Lipinski definition) is 3. The van der Waals surface area contributed by atoms with E-state index in [9.17, 15) is 0 Å². The van der Waals surface area contributed by atoms with Gasteiger partial charge in [0.15, 0.2) is 5.82 Å². The van der Waals surface area contributed by atoms with Crippen LogP contribution in [-0.4, -0.2) is 24.3 Å². The Bertz CT molecular complexity index is 1350. The number of hydrogen-bond donors (Lipinski definition) is 0. The highest BCUT2D eigenvalue weighted by molar-refractivity contribution is 9.10. The summed E-state index contributed by atoms with van der Waals surface area (Å²) in [5.41, 5.74) is 3.42. The van der Waals surface area contributed by atoms with E-state index in [0.717, 1.165) is 46.4 Å². The molecule has 5 rings (SSSR count). The Kier molecular flexibility index (Phi) is 6.60. The van der Waals surface area contributed by atoms with E-state index >= 15 is 0 Å². The third-order valence-corrected chi connectivity index (χ3v) is 7.03. The summed E-state index contributed by atoms with van der Waals surface area (Å²) in [5.74, 6) is 1.65. The zero-order chi connectivity index (χ0) is 22.8. The number of aryl methyl sites for hydroxylation is 3. The number of halogens is 2. The molecular formula is C26H25Br2N5. The van der Waals surface area contributed by atoms with Crippen molar-refractivity contribution in [1.29, 1.82) is 0 Å². The molecule has 0 aliphatic rings. The van der Waals surface area contributed by atoms with Gasteiger partial charge in [0.05, 0.1) is 0 Å². The van der Waals surface area contributed by atoms with Gasteiger partial charge in [0.1, 0.15) is 11.5 Å². The summed E-state index contributed by atoms with van der Waals surface area (Å²) in [6.07, 6.45) is 6.39. The van der Waals surface area contributed by atoms with Gasteiger partial charge >= 0.3 is 0 Å². The van der Waals surface area contributed by atoms with Gasteiger partial charge in [-0.1, -0.05) is 50.8 Å². The summed E-state index contributed by atoms with van der Waals surface area (Å²) >= 11 is 7.26. The van der Waals surface area contributed by atoms with Crippen LogP contribution in [0.4, 0.5) is 0 Å². The van der Waals surface area contributed by atoms with Crippen molar-refractivity contribution in [2.45, 2.75) is 45.7 Å². The molecule has 0 spiro atoms. The molecule has 33 heavy (non-hydrogen) atoms. The van der Waals surface area contributed by atoms with Crippen molar-refractivity contribution in [3.05, 3.63) is 75.6 Å². The highest BCUT2D eigenvalue weighted by Gasteiger charge is 2.12. The molecule has 0 unspecified atom stereocenters. The third-order valence-electron chi connectivity index (χ3n) is 6.04. The Morgan fingerprint density at radius 1 is 0.788 bits per heavy atom. The molecule has 3 heterocycles. The Balaban J connectivity index is 1.20. The predicted molar refractivity (Wildman–Crippen MR) is 141 cm³/mol. The molecular weight excluding hydrogens is 542 g/mol. The van der Waals surface area contributed by atoms with Crippen LogP contribution in [0.25, 0.3) is 33.3 Å². The summed E-state index contributed by atoms with van der Waals surface area (Å²) in [7, 11) is 0. The Hall–Kier alpha value is -2.51. The molecule has 2 aromatic carbocycles. The fraction of sp³-hybridized carbons (Fsp3) is 0.269. The van der Waals surface area contributed by atoms with Crippen LogP contribution in [0.2, 0.25) is 0 Å². The average Bonchev–Trinajstić information content (AvgIpc) is 3.34. The van der Waals surface area contributed by atoms with Crippen molar-refractivity contribution >= 4 is 53.7 Å². The second-order valence-electron chi connectivity index (χ2n) is 8.31. The van der Waals surface area contributed by atoms with Gasteiger partial charge in [-0.05, 0) is 68.3 Å². The summed E-state index contributed by atoms with van der Waals surface area (Å²) in [5, 5.41) is 7.25. The van der Waals surface area contributed by atoms with E-state index in [0.29, 0.717) is 5.82 Å². The molecule has 5 nitrogen and oxygen atoms in total. The quantitative estimate of drug-likeness (QED) is 0.182. The molecule has 0 N–H and O–H groups in total. The third kappa shape index (κ3) is 4.75. The molecule has 0 saturated carbocycles. The van der Waals surface area contributed by atoms with Crippen molar-refractivity contribution in [3.63, 3.8) is 0 Å². The maximum atomic E-state index is 4.65. The minimum atomic E-state index is 0.706. The zero-order valence-corrected chi connectivity index (χ0v) is 21.7. The summed E-state index contributed by atoms with van der Waals surface area (Å²) < 4.78 is 6.70. The number of nitrogens with zero attached hydrogens (tertiary/aromatic N) is 5. The highest BCUT2D eigenvalue weighted by Crippen LogP contribution is 2.33. The first kappa shape index (κ1) is 22.3. The lowest BCUT2D eigenvalue weighted by Gasteiger charge is -2.08. The number of aromatic nitrogens is 5. The number of unbranched alkanes of at least 4 members (excludes halogenated alkanes) is 3. The van der Waals surface area contributed by atoms with Gasteiger partial charge in [0.25, 0.3) is 0 Å². The molecule has 168 valence electrons. The van der Waals surface area contributed by atoms with Crippen LogP contribution >= 0.6 is 31.9 Å². The fourth-order valence-corrected chi connectivity index (χ4v) is 5.13. The van der Waals surface area contributed by atoms with Crippen LogP contribution in [0.3, 0.4) is 0 Å². The second-order valence-corrected chi connectivity index (χ2v) is 10.1. The van der Waals surface area contributed by atoms with Crippen LogP contribution in [0.15, 0.2) is 69.7 Å². The normalized spacial score (nSPS) is 11.6. The van der Waals surface area contributed by atoms with Crippen LogP contribution in [0.1, 0.15) is 31.5 Å². The SMILES string of the molecule is Cc1nc(-c2ccccn2)nn1CCCCCCn1c2ccc(Br)cc2c2cc(Br)ccc21. The monoisotopic (exact) mass is 565 g/mol. The van der Waals surface area contributed by atoms with E-state index in [-0.39, 0.29) is 0 Å². The Labute approximate surface area is 210 Å². The largest absolute Gasteiger partial charge is 0.340 e. The highest BCUT2D eigenvalue weighted by atomic mass is 79.9. The van der Waals surface area contributed by atoms with Crippen LogP contribution in [0.5, 0.6) is 0 Å². The minimum absolute atomic E-state index is 0.706. The molecule has 0 saturated heterocycles. The van der Waals surface area contributed by atoms with E-state index < -0.39 is 0 Å². The number of fused-ring (bicyclic) bond motifs is 3. The van der Waals surface area contributed by atoms with Gasteiger partial charge in [-0.3, -0.25) is 4.98 Å². The van der Waals surface area contributed by atoms with E-state index in [4.69, 9.17) is 0 Å². The summed E-state index contributed by atoms with van der Waals surface area (Å²) in [6.45, 7) is 3.93. The minimum Gasteiger partial charge on any atom is -0.340 e.